The Morgan fingerprint density at radius 1 is 1.03 bits per heavy atom. The van der Waals surface area contributed by atoms with Crippen molar-refractivity contribution in [1.82, 2.24) is 19.0 Å². The maximum Gasteiger partial charge on any atom is 0.227 e. The van der Waals surface area contributed by atoms with Crippen molar-refractivity contribution in [3.63, 3.8) is 0 Å². The van der Waals surface area contributed by atoms with Crippen molar-refractivity contribution in [2.75, 3.05) is 13.1 Å². The lowest BCUT2D eigenvalue weighted by atomic mass is 9.96. The van der Waals surface area contributed by atoms with Crippen LogP contribution in [0.15, 0.2) is 73.2 Å². The molecule has 2 aromatic carbocycles. The molecule has 1 aliphatic rings. The van der Waals surface area contributed by atoms with Crippen LogP contribution in [0, 0.1) is 5.92 Å². The van der Waals surface area contributed by atoms with Crippen LogP contribution in [0.25, 0.3) is 22.3 Å². The largest absolute Gasteiger partial charge is 0.350 e. The van der Waals surface area contributed by atoms with Gasteiger partial charge in [0.2, 0.25) is 5.91 Å². The van der Waals surface area contributed by atoms with Crippen molar-refractivity contribution in [3.05, 3.63) is 78.8 Å². The van der Waals surface area contributed by atoms with Gasteiger partial charge in [-0.25, -0.2) is 4.98 Å². The SMILES string of the molecule is Cn1cc(CC(=O)N2CCC(Cn3ccnc3-c3ccccc3)CC2)c2ccccc21. The average Bonchev–Trinajstić information content (AvgIpc) is 3.39. The monoisotopic (exact) mass is 412 g/mol. The molecule has 0 spiro atoms. The first-order valence-electron chi connectivity index (χ1n) is 11.1. The molecule has 1 saturated heterocycles. The van der Waals surface area contributed by atoms with E-state index in [0.717, 1.165) is 49.4 Å². The highest BCUT2D eigenvalue weighted by Crippen LogP contribution is 2.25. The minimum absolute atomic E-state index is 0.238. The molecule has 2 aromatic heterocycles. The van der Waals surface area contributed by atoms with E-state index < -0.39 is 0 Å². The van der Waals surface area contributed by atoms with Crippen molar-refractivity contribution in [3.8, 4) is 11.4 Å². The molecule has 5 rings (SSSR count). The topological polar surface area (TPSA) is 43.1 Å². The van der Waals surface area contributed by atoms with Gasteiger partial charge in [0.15, 0.2) is 0 Å². The molecule has 158 valence electrons. The number of aryl methyl sites for hydroxylation is 1. The van der Waals surface area contributed by atoms with Gasteiger partial charge < -0.3 is 14.0 Å². The molecule has 0 atom stereocenters. The molecule has 0 radical (unpaired) electrons. The summed E-state index contributed by atoms with van der Waals surface area (Å²) >= 11 is 0. The van der Waals surface area contributed by atoms with Crippen LogP contribution in [0.3, 0.4) is 0 Å². The Kier molecular flexibility index (Phi) is 5.33. The van der Waals surface area contributed by atoms with Gasteiger partial charge >= 0.3 is 0 Å². The number of likely N-dealkylation sites (tertiary alicyclic amines) is 1. The Morgan fingerprint density at radius 3 is 2.58 bits per heavy atom. The van der Waals surface area contributed by atoms with Crippen molar-refractivity contribution in [1.29, 1.82) is 0 Å². The Hall–Kier alpha value is -3.34. The van der Waals surface area contributed by atoms with Crippen LogP contribution in [-0.4, -0.2) is 38.0 Å². The number of piperidine rings is 1. The molecule has 5 heteroatoms. The Bertz CT molecular complexity index is 1180. The van der Waals surface area contributed by atoms with Crippen LogP contribution in [0.4, 0.5) is 0 Å². The van der Waals surface area contributed by atoms with Crippen LogP contribution in [0.2, 0.25) is 0 Å². The number of fused-ring (bicyclic) bond motifs is 1. The minimum atomic E-state index is 0.238. The Morgan fingerprint density at radius 2 is 1.77 bits per heavy atom. The van der Waals surface area contributed by atoms with Gasteiger partial charge in [0.1, 0.15) is 5.82 Å². The highest BCUT2D eigenvalue weighted by atomic mass is 16.2. The lowest BCUT2D eigenvalue weighted by Crippen LogP contribution is -2.40. The van der Waals surface area contributed by atoms with Crippen LogP contribution in [0.5, 0.6) is 0 Å². The Labute approximate surface area is 182 Å². The summed E-state index contributed by atoms with van der Waals surface area (Å²) in [4.78, 5) is 19.6. The molecule has 5 nitrogen and oxygen atoms in total. The molecular weight excluding hydrogens is 384 g/mol. The summed E-state index contributed by atoms with van der Waals surface area (Å²) < 4.78 is 4.37. The van der Waals surface area contributed by atoms with E-state index in [2.05, 4.69) is 50.8 Å². The first-order chi connectivity index (χ1) is 15.2. The summed E-state index contributed by atoms with van der Waals surface area (Å²) in [6, 6.07) is 18.6. The third-order valence-corrected chi connectivity index (χ3v) is 6.49. The smallest absolute Gasteiger partial charge is 0.227 e. The number of aromatic nitrogens is 3. The zero-order valence-electron chi connectivity index (χ0n) is 17.9. The van der Waals surface area contributed by atoms with E-state index in [4.69, 9.17) is 0 Å². The number of hydrogen-bond donors (Lipinski definition) is 0. The van der Waals surface area contributed by atoms with E-state index in [1.165, 1.54) is 10.9 Å². The van der Waals surface area contributed by atoms with E-state index in [-0.39, 0.29) is 5.91 Å². The molecule has 3 heterocycles. The molecule has 1 fully saturated rings. The van der Waals surface area contributed by atoms with Crippen molar-refractivity contribution in [2.24, 2.45) is 13.0 Å². The number of para-hydroxylation sites is 1. The van der Waals surface area contributed by atoms with Gasteiger partial charge in [-0.05, 0) is 30.4 Å². The minimum Gasteiger partial charge on any atom is -0.350 e. The van der Waals surface area contributed by atoms with Crippen molar-refractivity contribution >= 4 is 16.8 Å². The number of benzene rings is 2. The number of carbonyl (C=O) groups excluding carboxylic acids is 1. The zero-order valence-corrected chi connectivity index (χ0v) is 17.9. The fraction of sp³-hybridized carbons (Fsp3) is 0.308. The van der Waals surface area contributed by atoms with E-state index in [1.54, 1.807) is 0 Å². The summed E-state index contributed by atoms with van der Waals surface area (Å²) in [5.74, 6) is 1.83. The lowest BCUT2D eigenvalue weighted by molar-refractivity contribution is -0.131. The van der Waals surface area contributed by atoms with Crippen LogP contribution < -0.4 is 0 Å². The second-order valence-electron chi connectivity index (χ2n) is 8.55. The number of imidazole rings is 1. The fourth-order valence-corrected chi connectivity index (χ4v) is 4.79. The van der Waals surface area contributed by atoms with Gasteiger partial charge in [0.05, 0.1) is 6.42 Å². The molecule has 1 aliphatic heterocycles. The van der Waals surface area contributed by atoms with Crippen molar-refractivity contribution < 1.29 is 4.79 Å². The average molecular weight is 413 g/mol. The number of nitrogens with zero attached hydrogens (tertiary/aromatic N) is 4. The quantitative estimate of drug-likeness (QED) is 0.484. The predicted octanol–water partition coefficient (Wildman–Crippen LogP) is 4.52. The van der Waals surface area contributed by atoms with Gasteiger partial charge in [-0.15, -0.1) is 0 Å². The molecule has 0 aliphatic carbocycles. The third-order valence-electron chi connectivity index (χ3n) is 6.49. The fourth-order valence-electron chi connectivity index (χ4n) is 4.79. The molecular formula is C26H28N4O. The van der Waals surface area contributed by atoms with E-state index in [1.807, 2.05) is 48.5 Å². The number of rotatable bonds is 5. The third kappa shape index (κ3) is 4.00. The molecule has 0 unspecified atom stereocenters. The van der Waals surface area contributed by atoms with E-state index in [0.29, 0.717) is 12.3 Å². The van der Waals surface area contributed by atoms with Gasteiger partial charge in [-0.3, -0.25) is 4.79 Å². The zero-order chi connectivity index (χ0) is 21.2. The van der Waals surface area contributed by atoms with Gasteiger partial charge in [0.25, 0.3) is 0 Å². The summed E-state index contributed by atoms with van der Waals surface area (Å²) in [5, 5.41) is 1.18. The standard InChI is InChI=1S/C26H28N4O/c1-28-19-22(23-9-5-6-10-24(23)28)17-25(31)29-14-11-20(12-15-29)18-30-16-13-27-26(30)21-7-3-2-4-8-21/h2-10,13,16,19-20H,11-12,14-15,17-18H2,1H3. The molecule has 4 aromatic rings. The Balaban J connectivity index is 1.20. The summed E-state index contributed by atoms with van der Waals surface area (Å²) in [6.07, 6.45) is 8.60. The van der Waals surface area contributed by atoms with E-state index >= 15 is 0 Å². The molecule has 31 heavy (non-hydrogen) atoms. The number of hydrogen-bond acceptors (Lipinski definition) is 2. The van der Waals surface area contributed by atoms with Gasteiger partial charge in [-0.2, -0.15) is 0 Å². The van der Waals surface area contributed by atoms with Crippen molar-refractivity contribution in [2.45, 2.75) is 25.8 Å². The predicted molar refractivity (Wildman–Crippen MR) is 124 cm³/mol. The lowest BCUT2D eigenvalue weighted by Gasteiger charge is -2.32. The van der Waals surface area contributed by atoms with Crippen LogP contribution in [0.1, 0.15) is 18.4 Å². The van der Waals surface area contributed by atoms with E-state index in [9.17, 15) is 4.79 Å². The maximum absolute atomic E-state index is 13.0. The molecule has 0 saturated carbocycles. The van der Waals surface area contributed by atoms with Gasteiger partial charge in [-0.1, -0.05) is 48.5 Å². The number of carbonyl (C=O) groups is 1. The summed E-state index contributed by atoms with van der Waals surface area (Å²) in [5.41, 5.74) is 3.45. The summed E-state index contributed by atoms with van der Waals surface area (Å²) in [7, 11) is 2.04. The first kappa shape index (κ1) is 19.6. The highest BCUT2D eigenvalue weighted by Gasteiger charge is 2.24. The highest BCUT2D eigenvalue weighted by molar-refractivity contribution is 5.89. The molecule has 0 N–H and O–H groups in total. The normalized spacial score (nSPS) is 14.9. The first-order valence-corrected chi connectivity index (χ1v) is 11.1. The maximum atomic E-state index is 13.0. The molecule has 1 amide bonds. The van der Waals surface area contributed by atoms with Gasteiger partial charge in [0, 0.05) is 61.7 Å². The summed E-state index contributed by atoms with van der Waals surface area (Å²) in [6.45, 7) is 2.63. The second kappa shape index (κ2) is 8.42. The van der Waals surface area contributed by atoms with Crippen LogP contribution >= 0.6 is 0 Å². The second-order valence-corrected chi connectivity index (χ2v) is 8.55. The molecule has 0 bridgehead atoms. The number of amides is 1. The van der Waals surface area contributed by atoms with Crippen LogP contribution in [-0.2, 0) is 24.8 Å².